The number of ketones is 1. The summed E-state index contributed by atoms with van der Waals surface area (Å²) in [6.45, 7) is 9.39. The molecule has 2 aliphatic carbocycles. The topological polar surface area (TPSA) is 143 Å². The number of aryl methyl sites for hydroxylation is 1. The van der Waals surface area contributed by atoms with Crippen molar-refractivity contribution in [1.82, 2.24) is 0 Å². The number of hydrogen-bond donors (Lipinski definition) is 5. The molecule has 1 aliphatic heterocycles. The van der Waals surface area contributed by atoms with Crippen molar-refractivity contribution in [3.8, 4) is 0 Å². The molecule has 1 saturated heterocycles. The van der Waals surface area contributed by atoms with Crippen LogP contribution >= 0.6 is 8.81 Å². The van der Waals surface area contributed by atoms with E-state index in [-0.39, 0.29) is 29.5 Å². The fraction of sp³-hybridized carbons (Fsp3) is 0.441. The van der Waals surface area contributed by atoms with E-state index in [4.69, 9.17) is 10.1 Å². The first-order valence-corrected chi connectivity index (χ1v) is 16.3. The van der Waals surface area contributed by atoms with Gasteiger partial charge in [-0.15, -0.1) is 0 Å². The van der Waals surface area contributed by atoms with E-state index in [9.17, 15) is 24.7 Å². The smallest absolute Gasteiger partial charge is 0.254 e. The highest BCUT2D eigenvalue weighted by atomic mass is 31.1. The number of aliphatic hydroxyl groups excluding tert-OH is 2. The Hall–Kier alpha value is -3.36. The highest BCUT2D eigenvalue weighted by Crippen LogP contribution is 2.39. The van der Waals surface area contributed by atoms with Crippen LogP contribution < -0.4 is 10.2 Å². The number of allylic oxidation sites excluding steroid dienone is 1. The number of carbonyl (C=O) groups is 2. The second kappa shape index (κ2) is 13.7. The number of nitrogens with one attached hydrogen (secondary N) is 2. The van der Waals surface area contributed by atoms with E-state index in [1.54, 1.807) is 19.1 Å². The molecule has 9 nitrogen and oxygen atoms in total. The average molecular weight is 620 g/mol. The molecule has 234 valence electrons. The van der Waals surface area contributed by atoms with Crippen LogP contribution in [0.3, 0.4) is 0 Å². The SMILES string of the molecule is C=C(O/C=C(\C)C(=O)Nc1cc(C(=O)C(=N)C2C[C@H](PO)[C@@H](O)[C@H]2O)ccc1C1CCN(c2ccccc2C)CC1)C1CC1. The van der Waals surface area contributed by atoms with Gasteiger partial charge in [0.2, 0.25) is 5.78 Å². The summed E-state index contributed by atoms with van der Waals surface area (Å²) in [7, 11) is -0.593. The van der Waals surface area contributed by atoms with Crippen LogP contribution in [-0.2, 0) is 9.53 Å². The normalized spacial score (nSPS) is 24.5. The van der Waals surface area contributed by atoms with E-state index in [1.165, 1.54) is 17.5 Å². The van der Waals surface area contributed by atoms with Gasteiger partial charge in [0.1, 0.15) is 0 Å². The molecule has 2 unspecified atom stereocenters. The molecule has 1 amide bonds. The molecule has 0 aromatic heterocycles. The second-order valence-corrected chi connectivity index (χ2v) is 13.3. The fourth-order valence-electron chi connectivity index (χ4n) is 6.22. The lowest BCUT2D eigenvalue weighted by Gasteiger charge is -2.35. The molecule has 5 atom stereocenters. The molecule has 3 fully saturated rings. The van der Waals surface area contributed by atoms with Crippen LogP contribution in [0.5, 0.6) is 0 Å². The third-order valence-corrected chi connectivity index (χ3v) is 10.1. The van der Waals surface area contributed by atoms with Gasteiger partial charge in [-0.1, -0.05) is 36.9 Å². The molecule has 10 heteroatoms. The number of aliphatic hydroxyl groups is 2. The van der Waals surface area contributed by atoms with Gasteiger partial charge < -0.3 is 35.5 Å². The largest absolute Gasteiger partial charge is 0.469 e. The van der Waals surface area contributed by atoms with Gasteiger partial charge in [0, 0.05) is 61.9 Å². The predicted molar refractivity (Wildman–Crippen MR) is 174 cm³/mol. The van der Waals surface area contributed by atoms with Crippen LogP contribution in [0.2, 0.25) is 0 Å². The van der Waals surface area contributed by atoms with E-state index in [0.29, 0.717) is 22.9 Å². The van der Waals surface area contributed by atoms with E-state index in [0.717, 1.165) is 44.3 Å². The molecule has 0 spiro atoms. The minimum absolute atomic E-state index is 0.141. The van der Waals surface area contributed by atoms with E-state index in [2.05, 4.69) is 35.9 Å². The van der Waals surface area contributed by atoms with E-state index >= 15 is 0 Å². The summed E-state index contributed by atoms with van der Waals surface area (Å²) in [5, 5.41) is 32.3. The molecule has 2 aromatic carbocycles. The number of rotatable bonds is 11. The molecule has 0 radical (unpaired) electrons. The number of Topliss-reactive ketones (excluding diaryl/α,β-unsaturated/α-hetero) is 1. The minimum atomic E-state index is -1.30. The quantitative estimate of drug-likeness (QED) is 0.0778. The summed E-state index contributed by atoms with van der Waals surface area (Å²) < 4.78 is 5.62. The maximum absolute atomic E-state index is 13.5. The molecular formula is C34H42N3O6P. The summed E-state index contributed by atoms with van der Waals surface area (Å²) in [5.74, 6) is -0.712. The van der Waals surface area contributed by atoms with Gasteiger partial charge in [0.15, 0.2) is 0 Å². The lowest BCUT2D eigenvalue weighted by atomic mass is 9.86. The first-order valence-electron chi connectivity index (χ1n) is 15.3. The van der Waals surface area contributed by atoms with Gasteiger partial charge >= 0.3 is 0 Å². The highest BCUT2D eigenvalue weighted by molar-refractivity contribution is 7.32. The Morgan fingerprint density at radius 2 is 1.80 bits per heavy atom. The third kappa shape index (κ3) is 6.97. The molecule has 1 heterocycles. The Morgan fingerprint density at radius 1 is 1.09 bits per heavy atom. The second-order valence-electron chi connectivity index (χ2n) is 12.3. The molecular weight excluding hydrogens is 577 g/mol. The van der Waals surface area contributed by atoms with Gasteiger partial charge in [0.25, 0.3) is 5.91 Å². The monoisotopic (exact) mass is 619 g/mol. The molecule has 2 aromatic rings. The Labute approximate surface area is 260 Å². The Morgan fingerprint density at radius 3 is 2.43 bits per heavy atom. The van der Waals surface area contributed by atoms with Crippen LogP contribution in [0.1, 0.15) is 66.4 Å². The van der Waals surface area contributed by atoms with Crippen LogP contribution in [0, 0.1) is 24.2 Å². The zero-order chi connectivity index (χ0) is 31.5. The molecule has 2 saturated carbocycles. The van der Waals surface area contributed by atoms with Gasteiger partial charge in [-0.3, -0.25) is 9.59 Å². The Bertz CT molecular complexity index is 1460. The zero-order valence-electron chi connectivity index (χ0n) is 25.3. The lowest BCUT2D eigenvalue weighted by Crippen LogP contribution is -2.35. The molecule has 5 N–H and O–H groups in total. The number of carbonyl (C=O) groups excluding carboxylic acids is 2. The summed E-state index contributed by atoms with van der Waals surface area (Å²) in [6, 6.07) is 13.5. The molecule has 3 aliphatic rings. The predicted octanol–water partition coefficient (Wildman–Crippen LogP) is 5.06. The van der Waals surface area contributed by atoms with Crippen molar-refractivity contribution in [1.29, 1.82) is 5.41 Å². The first kappa shape index (κ1) is 32.0. The van der Waals surface area contributed by atoms with Crippen LogP contribution in [0.25, 0.3) is 0 Å². The number of amides is 1. The summed E-state index contributed by atoms with van der Waals surface area (Å²) in [5.41, 5.74) is 3.53. The highest BCUT2D eigenvalue weighted by Gasteiger charge is 2.45. The lowest BCUT2D eigenvalue weighted by molar-refractivity contribution is -0.112. The average Bonchev–Trinajstić information content (AvgIpc) is 3.85. The number of hydrogen-bond acceptors (Lipinski definition) is 8. The number of anilines is 2. The maximum atomic E-state index is 13.5. The van der Waals surface area contributed by atoms with Gasteiger partial charge in [-0.25, -0.2) is 0 Å². The zero-order valence-corrected chi connectivity index (χ0v) is 26.3. The summed E-state index contributed by atoms with van der Waals surface area (Å²) in [4.78, 5) is 38.7. The number of para-hydroxylation sites is 1. The summed E-state index contributed by atoms with van der Waals surface area (Å²) >= 11 is 0. The van der Waals surface area contributed by atoms with Crippen molar-refractivity contribution in [3.05, 3.63) is 83.3 Å². The molecule has 44 heavy (non-hydrogen) atoms. The first-order chi connectivity index (χ1) is 21.1. The van der Waals surface area contributed by atoms with Crippen molar-refractivity contribution in [2.24, 2.45) is 11.8 Å². The van der Waals surface area contributed by atoms with Gasteiger partial charge in [-0.05, 0) is 75.1 Å². The van der Waals surface area contributed by atoms with Crippen LogP contribution in [0.4, 0.5) is 11.4 Å². The number of nitrogens with zero attached hydrogens (tertiary/aromatic N) is 1. The van der Waals surface area contributed by atoms with Crippen molar-refractivity contribution in [2.75, 3.05) is 23.3 Å². The van der Waals surface area contributed by atoms with E-state index in [1.807, 2.05) is 18.2 Å². The van der Waals surface area contributed by atoms with Crippen molar-refractivity contribution >= 4 is 37.6 Å². The van der Waals surface area contributed by atoms with Crippen molar-refractivity contribution < 1.29 is 29.4 Å². The Kier molecular flexibility index (Phi) is 10.0. The molecule has 0 bridgehead atoms. The molecule has 5 rings (SSSR count). The Balaban J connectivity index is 1.37. The van der Waals surface area contributed by atoms with E-state index < -0.39 is 38.4 Å². The number of piperidine rings is 1. The van der Waals surface area contributed by atoms with Gasteiger partial charge in [-0.2, -0.15) is 0 Å². The van der Waals surface area contributed by atoms with Crippen LogP contribution in [0.15, 0.2) is 66.6 Å². The fourth-order valence-corrected chi connectivity index (χ4v) is 6.93. The van der Waals surface area contributed by atoms with Crippen molar-refractivity contribution in [2.45, 2.75) is 69.7 Å². The number of ether oxygens (including phenoxy) is 1. The van der Waals surface area contributed by atoms with Crippen molar-refractivity contribution in [3.63, 3.8) is 0 Å². The van der Waals surface area contributed by atoms with Gasteiger partial charge in [0.05, 0.1) is 29.9 Å². The standard InChI is InChI=1S/C34H42N3O6P/c1-19-6-4-5-7-28(19)37-14-12-23(13-15-37)25-11-10-24(31(38)30(35)26-17-29(44-42)33(40)32(26)39)16-27(25)36-34(41)20(2)18-43-21(3)22-8-9-22/h4-7,10-11,16,18,22-23,26,29,32-33,35,39-40,42,44H,3,8-9,12-15,17H2,1-2H3,(H,36,41)/b20-18+,35-30?/t26?,29-,32-,33+/m0/s1. The third-order valence-electron chi connectivity index (χ3n) is 9.20. The number of benzene rings is 2. The van der Waals surface area contributed by atoms with Crippen LogP contribution in [-0.4, -0.2) is 63.5 Å². The summed E-state index contributed by atoms with van der Waals surface area (Å²) in [6.07, 6.45) is 2.86. The minimum Gasteiger partial charge on any atom is -0.469 e. The maximum Gasteiger partial charge on any atom is 0.254 e.